The monoisotopic (exact) mass is 502 g/mol. The molecule has 0 aliphatic carbocycles. The van der Waals surface area contributed by atoms with Gasteiger partial charge in [0.2, 0.25) is 0 Å². The Labute approximate surface area is 229 Å². The molecule has 0 saturated heterocycles. The van der Waals surface area contributed by atoms with Gasteiger partial charge in [0.25, 0.3) is 0 Å². The van der Waals surface area contributed by atoms with Gasteiger partial charge in [-0.1, -0.05) is 135 Å². The highest BCUT2D eigenvalue weighted by molar-refractivity contribution is 5.40. The van der Waals surface area contributed by atoms with Crippen LogP contribution in [0.2, 0.25) is 0 Å². The first-order valence-electron chi connectivity index (χ1n) is 13.7. The molecule has 0 saturated carbocycles. The van der Waals surface area contributed by atoms with E-state index < -0.39 is 0 Å². The van der Waals surface area contributed by atoms with Gasteiger partial charge >= 0.3 is 0 Å². The average Bonchev–Trinajstić information content (AvgIpc) is 2.93. The fourth-order valence-corrected chi connectivity index (χ4v) is 6.04. The first-order chi connectivity index (χ1) is 18.0. The van der Waals surface area contributed by atoms with Gasteiger partial charge in [0.05, 0.1) is 11.1 Å². The standard InChI is InChI=1S/C36H42N2/c1-33(2,27-35(5,29-19-11-7-12-20-29)30-21-13-8-14-22-30)37-38-34(3,4)28-36(6,31-23-15-9-16-24-31)32-25-17-10-18-26-32/h7-26H,27-28H2,1-6H3. The Morgan fingerprint density at radius 1 is 0.368 bits per heavy atom. The fourth-order valence-electron chi connectivity index (χ4n) is 6.04. The van der Waals surface area contributed by atoms with E-state index in [1.807, 2.05) is 0 Å². The van der Waals surface area contributed by atoms with Gasteiger partial charge in [-0.3, -0.25) is 0 Å². The highest BCUT2D eigenvalue weighted by Gasteiger charge is 2.38. The van der Waals surface area contributed by atoms with E-state index in [1.165, 1.54) is 22.3 Å². The number of azo groups is 1. The molecule has 0 aromatic heterocycles. The normalized spacial score (nSPS) is 13.1. The largest absolute Gasteiger partial charge is 0.187 e. The molecule has 4 rings (SSSR count). The van der Waals surface area contributed by atoms with Crippen LogP contribution in [-0.2, 0) is 10.8 Å². The van der Waals surface area contributed by atoms with Gasteiger partial charge in [-0.25, -0.2) is 0 Å². The third kappa shape index (κ3) is 6.30. The second kappa shape index (κ2) is 11.1. The fraction of sp³-hybridized carbons (Fsp3) is 0.333. The topological polar surface area (TPSA) is 24.7 Å². The molecule has 0 unspecified atom stereocenters. The third-order valence-corrected chi connectivity index (χ3v) is 7.81. The first kappa shape index (κ1) is 27.5. The minimum atomic E-state index is -0.354. The number of nitrogens with zero attached hydrogens (tertiary/aromatic N) is 2. The molecule has 0 spiro atoms. The lowest BCUT2D eigenvalue weighted by Gasteiger charge is -2.38. The molecule has 0 heterocycles. The van der Waals surface area contributed by atoms with E-state index in [9.17, 15) is 0 Å². The second-order valence-electron chi connectivity index (χ2n) is 12.3. The number of benzene rings is 4. The van der Waals surface area contributed by atoms with Gasteiger partial charge in [-0.15, -0.1) is 0 Å². The molecule has 4 aromatic carbocycles. The summed E-state index contributed by atoms with van der Waals surface area (Å²) in [6.45, 7) is 13.5. The summed E-state index contributed by atoms with van der Waals surface area (Å²) in [6.07, 6.45) is 1.70. The van der Waals surface area contributed by atoms with Crippen LogP contribution in [0.15, 0.2) is 132 Å². The first-order valence-corrected chi connectivity index (χ1v) is 13.7. The van der Waals surface area contributed by atoms with E-state index in [0.717, 1.165) is 12.8 Å². The minimum absolute atomic E-state index is 0.183. The number of rotatable bonds is 10. The van der Waals surface area contributed by atoms with Crippen molar-refractivity contribution in [3.8, 4) is 0 Å². The Bertz CT molecular complexity index is 1120. The van der Waals surface area contributed by atoms with Crippen LogP contribution in [0.1, 0.15) is 76.6 Å². The van der Waals surface area contributed by atoms with Crippen molar-refractivity contribution in [3.05, 3.63) is 144 Å². The lowest BCUT2D eigenvalue weighted by atomic mass is 9.69. The Morgan fingerprint density at radius 3 is 0.789 bits per heavy atom. The maximum atomic E-state index is 5.06. The highest BCUT2D eigenvalue weighted by Crippen LogP contribution is 2.43. The molecule has 0 bridgehead atoms. The zero-order valence-corrected chi connectivity index (χ0v) is 23.9. The van der Waals surface area contributed by atoms with E-state index >= 15 is 0 Å². The van der Waals surface area contributed by atoms with Gasteiger partial charge in [0, 0.05) is 10.8 Å². The summed E-state index contributed by atoms with van der Waals surface area (Å²) in [7, 11) is 0. The van der Waals surface area contributed by atoms with Crippen molar-refractivity contribution in [1.82, 2.24) is 0 Å². The molecule has 0 radical (unpaired) electrons. The molecule has 38 heavy (non-hydrogen) atoms. The van der Waals surface area contributed by atoms with Crippen LogP contribution in [0.25, 0.3) is 0 Å². The van der Waals surface area contributed by atoms with E-state index in [0.29, 0.717) is 0 Å². The molecule has 196 valence electrons. The van der Waals surface area contributed by atoms with Crippen molar-refractivity contribution in [1.29, 1.82) is 0 Å². The van der Waals surface area contributed by atoms with Gasteiger partial charge in [0.15, 0.2) is 0 Å². The van der Waals surface area contributed by atoms with Gasteiger partial charge in [0.1, 0.15) is 0 Å². The van der Waals surface area contributed by atoms with Crippen LogP contribution in [0.5, 0.6) is 0 Å². The predicted octanol–water partition coefficient (Wildman–Crippen LogP) is 9.79. The lowest BCUT2D eigenvalue weighted by Crippen LogP contribution is -2.35. The summed E-state index contributed by atoms with van der Waals surface area (Å²) in [6, 6.07) is 43.2. The van der Waals surface area contributed by atoms with E-state index in [-0.39, 0.29) is 21.9 Å². The molecule has 0 atom stereocenters. The molecular weight excluding hydrogens is 460 g/mol. The summed E-state index contributed by atoms with van der Waals surface area (Å²) in [5.74, 6) is 0. The van der Waals surface area contributed by atoms with Gasteiger partial charge < -0.3 is 0 Å². The van der Waals surface area contributed by atoms with Crippen molar-refractivity contribution in [2.24, 2.45) is 10.2 Å². The number of hydrogen-bond donors (Lipinski definition) is 0. The van der Waals surface area contributed by atoms with Crippen molar-refractivity contribution in [3.63, 3.8) is 0 Å². The zero-order chi connectivity index (χ0) is 27.3. The maximum absolute atomic E-state index is 5.06. The Morgan fingerprint density at radius 2 is 0.579 bits per heavy atom. The van der Waals surface area contributed by atoms with Crippen molar-refractivity contribution >= 4 is 0 Å². The maximum Gasteiger partial charge on any atom is 0.0771 e. The molecule has 2 heteroatoms. The van der Waals surface area contributed by atoms with E-state index in [1.54, 1.807) is 0 Å². The quantitative estimate of drug-likeness (QED) is 0.193. The molecule has 0 N–H and O–H groups in total. The molecule has 0 fully saturated rings. The molecule has 2 nitrogen and oxygen atoms in total. The SMILES string of the molecule is CC(C)(CC(C)(c1ccccc1)c1ccccc1)N=NC(C)(C)CC(C)(c1ccccc1)c1ccccc1. The molecule has 0 aliphatic rings. The Balaban J connectivity index is 1.63. The van der Waals surface area contributed by atoms with Gasteiger partial charge in [-0.2, -0.15) is 10.2 Å². The summed E-state index contributed by atoms with van der Waals surface area (Å²) in [5.41, 5.74) is 4.13. The highest BCUT2D eigenvalue weighted by atomic mass is 15.2. The predicted molar refractivity (Wildman–Crippen MR) is 161 cm³/mol. The van der Waals surface area contributed by atoms with Crippen molar-refractivity contribution < 1.29 is 0 Å². The zero-order valence-electron chi connectivity index (χ0n) is 23.9. The van der Waals surface area contributed by atoms with Crippen LogP contribution in [0, 0.1) is 0 Å². The summed E-state index contributed by atoms with van der Waals surface area (Å²) in [4.78, 5) is 0. The van der Waals surface area contributed by atoms with Gasteiger partial charge in [-0.05, 0) is 62.8 Å². The average molecular weight is 503 g/mol. The Kier molecular flexibility index (Phi) is 8.02. The van der Waals surface area contributed by atoms with Crippen LogP contribution < -0.4 is 0 Å². The minimum Gasteiger partial charge on any atom is -0.187 e. The summed E-state index contributed by atoms with van der Waals surface area (Å²) >= 11 is 0. The summed E-state index contributed by atoms with van der Waals surface area (Å²) in [5, 5.41) is 10.1. The smallest absolute Gasteiger partial charge is 0.0771 e. The van der Waals surface area contributed by atoms with Crippen molar-refractivity contribution in [2.75, 3.05) is 0 Å². The van der Waals surface area contributed by atoms with E-state index in [4.69, 9.17) is 10.2 Å². The molecular formula is C36H42N2. The Hall–Kier alpha value is -3.52. The van der Waals surface area contributed by atoms with Crippen LogP contribution in [0.3, 0.4) is 0 Å². The molecule has 0 aliphatic heterocycles. The third-order valence-electron chi connectivity index (χ3n) is 7.81. The second-order valence-corrected chi connectivity index (χ2v) is 12.3. The summed E-state index contributed by atoms with van der Waals surface area (Å²) < 4.78 is 0. The molecule has 0 amide bonds. The van der Waals surface area contributed by atoms with E-state index in [2.05, 4.69) is 163 Å². The van der Waals surface area contributed by atoms with Crippen LogP contribution in [-0.4, -0.2) is 11.1 Å². The van der Waals surface area contributed by atoms with Crippen LogP contribution >= 0.6 is 0 Å². The molecule has 4 aromatic rings. The number of hydrogen-bond acceptors (Lipinski definition) is 2. The lowest BCUT2D eigenvalue weighted by molar-refractivity contribution is 0.314. The van der Waals surface area contributed by atoms with Crippen molar-refractivity contribution in [2.45, 2.75) is 76.3 Å². The van der Waals surface area contributed by atoms with Crippen LogP contribution in [0.4, 0.5) is 0 Å².